The van der Waals surface area contributed by atoms with E-state index in [0.717, 1.165) is 54.7 Å². The van der Waals surface area contributed by atoms with Crippen LogP contribution in [-0.4, -0.2) is 9.97 Å². The van der Waals surface area contributed by atoms with Crippen LogP contribution < -0.4 is 9.47 Å². The van der Waals surface area contributed by atoms with Crippen LogP contribution >= 0.6 is 11.3 Å². The maximum Gasteiger partial charge on any atom is 2.00 e. The Kier molecular flexibility index (Phi) is 7.14. The third-order valence-corrected chi connectivity index (χ3v) is 8.61. The zero-order valence-electron chi connectivity index (χ0n) is 22.6. The molecule has 0 atom stereocenters. The first-order valence-corrected chi connectivity index (χ1v) is 14.5. The molecule has 0 saturated carbocycles. The van der Waals surface area contributed by atoms with E-state index in [4.69, 9.17) is 19.4 Å². The predicted molar refractivity (Wildman–Crippen MR) is 165 cm³/mol. The van der Waals surface area contributed by atoms with E-state index < -0.39 is 5.41 Å². The monoisotopic (exact) mass is 753 g/mol. The summed E-state index contributed by atoms with van der Waals surface area (Å²) < 4.78 is 14.0. The fraction of sp³-hybridized carbons (Fsp3) is 0.0270. The zero-order chi connectivity index (χ0) is 27.9. The summed E-state index contributed by atoms with van der Waals surface area (Å²) in [7, 11) is 0. The topological polar surface area (TPSA) is 44.2 Å². The second-order valence-corrected chi connectivity index (χ2v) is 11.0. The molecule has 8 rings (SSSR count). The van der Waals surface area contributed by atoms with Crippen LogP contribution in [0.1, 0.15) is 22.4 Å². The number of benzene rings is 5. The van der Waals surface area contributed by atoms with Crippen LogP contribution in [0, 0.1) is 12.1 Å². The number of rotatable bonds is 5. The molecule has 3 heterocycles. The molecule has 0 unspecified atom stereocenters. The van der Waals surface area contributed by atoms with Crippen LogP contribution in [0.4, 0.5) is 0 Å². The van der Waals surface area contributed by atoms with Crippen molar-refractivity contribution in [1.29, 1.82) is 0 Å². The first-order valence-electron chi connectivity index (χ1n) is 13.7. The molecule has 0 N–H and O–H groups in total. The number of hydrogen-bond acceptors (Lipinski definition) is 5. The molecule has 5 aromatic carbocycles. The van der Waals surface area contributed by atoms with Crippen molar-refractivity contribution in [2.75, 3.05) is 0 Å². The number of fused-ring (bicyclic) bond motifs is 3. The van der Waals surface area contributed by atoms with E-state index in [9.17, 15) is 0 Å². The van der Waals surface area contributed by atoms with Crippen molar-refractivity contribution >= 4 is 21.6 Å². The SMILES string of the molecule is [Pt+2].[c-]1c(Oc2[c-]c(C3(c4ccccn4)c4ccccc4Oc4ccccc43)ccc2)cccc1-c1nc2ccccc2s1. The van der Waals surface area contributed by atoms with E-state index in [1.165, 1.54) is 0 Å². The van der Waals surface area contributed by atoms with Crippen LogP contribution in [-0.2, 0) is 26.5 Å². The van der Waals surface area contributed by atoms with E-state index in [2.05, 4.69) is 42.5 Å². The molecule has 0 bridgehead atoms. The van der Waals surface area contributed by atoms with Gasteiger partial charge in [0.1, 0.15) is 11.5 Å². The van der Waals surface area contributed by atoms with E-state index in [1.807, 2.05) is 103 Å². The van der Waals surface area contributed by atoms with Gasteiger partial charge in [-0.25, -0.2) is 0 Å². The third kappa shape index (κ3) is 4.66. The Morgan fingerprint density at radius 2 is 1.33 bits per heavy atom. The van der Waals surface area contributed by atoms with Crippen molar-refractivity contribution in [2.24, 2.45) is 0 Å². The molecule has 1 aliphatic rings. The summed E-state index contributed by atoms with van der Waals surface area (Å²) in [6.07, 6.45) is 1.83. The average Bonchev–Trinajstić information content (AvgIpc) is 3.49. The molecule has 2 aromatic heterocycles. The van der Waals surface area contributed by atoms with Gasteiger partial charge in [-0.15, -0.1) is 41.5 Å². The number of ether oxygens (including phenoxy) is 2. The van der Waals surface area contributed by atoms with Crippen molar-refractivity contribution in [3.05, 3.63) is 168 Å². The van der Waals surface area contributed by atoms with E-state index in [0.29, 0.717) is 11.5 Å². The quantitative estimate of drug-likeness (QED) is 0.165. The minimum atomic E-state index is -0.765. The molecule has 6 heteroatoms. The molecule has 43 heavy (non-hydrogen) atoms. The smallest absolute Gasteiger partial charge is 0.503 e. The Morgan fingerprint density at radius 3 is 2.07 bits per heavy atom. The number of nitrogens with zero attached hydrogens (tertiary/aromatic N) is 2. The normalized spacial score (nSPS) is 12.8. The van der Waals surface area contributed by atoms with Crippen LogP contribution in [0.15, 0.2) is 134 Å². The minimum Gasteiger partial charge on any atom is -0.503 e. The van der Waals surface area contributed by atoms with Gasteiger partial charge in [-0.1, -0.05) is 60.7 Å². The minimum absolute atomic E-state index is 0. The van der Waals surface area contributed by atoms with Gasteiger partial charge in [-0.3, -0.25) is 9.97 Å². The molecule has 0 amide bonds. The first-order chi connectivity index (χ1) is 20.8. The summed E-state index contributed by atoms with van der Waals surface area (Å²) in [5, 5.41) is 0.906. The second kappa shape index (κ2) is 11.3. The number of aromatic nitrogens is 2. The largest absolute Gasteiger partial charge is 2.00 e. The van der Waals surface area contributed by atoms with Crippen molar-refractivity contribution < 1.29 is 30.5 Å². The zero-order valence-corrected chi connectivity index (χ0v) is 25.7. The van der Waals surface area contributed by atoms with Crippen LogP contribution in [0.2, 0.25) is 0 Å². The van der Waals surface area contributed by atoms with Gasteiger partial charge in [0.25, 0.3) is 0 Å². The molecule has 0 fully saturated rings. The standard InChI is InChI=1S/C37H22N2O2S.Pt/c1-4-18-32-29(15-1)37(35-21-7-8-22-38-35,30-16-2-5-19-33(30)41-32)26-12-10-14-28(24-26)40-27-13-9-11-25(23-27)36-39-31-17-3-6-20-34(31)42-36;/h1-22H;/q-2;+2. The fourth-order valence-electron chi connectivity index (χ4n) is 5.75. The van der Waals surface area contributed by atoms with Gasteiger partial charge >= 0.3 is 21.1 Å². The van der Waals surface area contributed by atoms with Gasteiger partial charge in [0, 0.05) is 38.5 Å². The maximum atomic E-state index is 6.42. The van der Waals surface area contributed by atoms with E-state index in [-0.39, 0.29) is 21.1 Å². The molecular weight excluding hydrogens is 732 g/mol. The fourth-order valence-corrected chi connectivity index (χ4v) is 6.69. The molecule has 1 aliphatic heterocycles. The molecule has 4 nitrogen and oxygen atoms in total. The molecule has 0 radical (unpaired) electrons. The van der Waals surface area contributed by atoms with Crippen molar-refractivity contribution in [2.45, 2.75) is 5.41 Å². The van der Waals surface area contributed by atoms with Gasteiger partial charge in [-0.05, 0) is 36.4 Å². The summed E-state index contributed by atoms with van der Waals surface area (Å²) in [4.78, 5) is 9.69. The summed E-state index contributed by atoms with van der Waals surface area (Å²) in [5.74, 6) is 2.76. The Balaban J connectivity index is 0.00000300. The summed E-state index contributed by atoms with van der Waals surface area (Å²) in [6.45, 7) is 0. The summed E-state index contributed by atoms with van der Waals surface area (Å²) in [5.41, 5.74) is 4.89. The molecule has 7 aromatic rings. The predicted octanol–water partition coefficient (Wildman–Crippen LogP) is 9.24. The summed E-state index contributed by atoms with van der Waals surface area (Å²) in [6, 6.07) is 49.4. The van der Waals surface area contributed by atoms with E-state index in [1.54, 1.807) is 11.3 Å². The van der Waals surface area contributed by atoms with Crippen LogP contribution in [0.3, 0.4) is 0 Å². The van der Waals surface area contributed by atoms with Crippen molar-refractivity contribution in [1.82, 2.24) is 9.97 Å². The Morgan fingerprint density at radius 1 is 0.651 bits per heavy atom. The van der Waals surface area contributed by atoms with Crippen molar-refractivity contribution in [3.63, 3.8) is 0 Å². The molecule has 0 saturated heterocycles. The molecule has 0 aliphatic carbocycles. The third-order valence-electron chi connectivity index (χ3n) is 7.54. The number of para-hydroxylation sites is 3. The molecular formula is C37H22N2O2PtS. The van der Waals surface area contributed by atoms with Gasteiger partial charge in [-0.2, -0.15) is 23.5 Å². The molecule has 208 valence electrons. The maximum absolute atomic E-state index is 6.42. The number of thiazole rings is 1. The van der Waals surface area contributed by atoms with Crippen molar-refractivity contribution in [3.8, 4) is 33.6 Å². The van der Waals surface area contributed by atoms with Gasteiger partial charge < -0.3 is 9.47 Å². The van der Waals surface area contributed by atoms with Gasteiger partial charge in [0.2, 0.25) is 0 Å². The van der Waals surface area contributed by atoms with Crippen LogP contribution in [0.5, 0.6) is 23.0 Å². The van der Waals surface area contributed by atoms with Gasteiger partial charge in [0.15, 0.2) is 0 Å². The Hall–Kier alpha value is -4.57. The summed E-state index contributed by atoms with van der Waals surface area (Å²) >= 11 is 1.65. The molecule has 0 spiro atoms. The van der Waals surface area contributed by atoms with Crippen LogP contribution in [0.25, 0.3) is 20.8 Å². The van der Waals surface area contributed by atoms with Gasteiger partial charge in [0.05, 0.1) is 16.6 Å². The van der Waals surface area contributed by atoms with E-state index >= 15 is 0 Å². The Bertz CT molecular complexity index is 2000. The second-order valence-electron chi connectivity index (χ2n) is 10.0. The Labute approximate surface area is 267 Å². The number of pyridine rings is 1. The first kappa shape index (κ1) is 27.3. The average molecular weight is 754 g/mol. The number of hydrogen-bond donors (Lipinski definition) is 0.